The maximum Gasteiger partial charge on any atom is 0.130 e. The summed E-state index contributed by atoms with van der Waals surface area (Å²) in [7, 11) is 1.77. The van der Waals surface area contributed by atoms with Crippen LogP contribution in [0.2, 0.25) is 0 Å². The molecular weight excluding hydrogens is 332 g/mol. The van der Waals surface area contributed by atoms with Gasteiger partial charge in [-0.05, 0) is 44.3 Å². The molecule has 0 saturated heterocycles. The second kappa shape index (κ2) is 7.11. The molecule has 2 aliphatic carbocycles. The minimum absolute atomic E-state index is 0.0688. The minimum Gasteiger partial charge on any atom is -0.385 e. The van der Waals surface area contributed by atoms with Crippen molar-refractivity contribution in [2.24, 2.45) is 22.6 Å². The van der Waals surface area contributed by atoms with Gasteiger partial charge < -0.3 is 15.6 Å². The van der Waals surface area contributed by atoms with Crippen LogP contribution in [0.4, 0.5) is 0 Å². The van der Waals surface area contributed by atoms with E-state index in [2.05, 4.69) is 11.9 Å². The molecule has 2 fully saturated rings. The van der Waals surface area contributed by atoms with Gasteiger partial charge in [-0.2, -0.15) is 11.8 Å². The van der Waals surface area contributed by atoms with Crippen LogP contribution in [-0.4, -0.2) is 52.2 Å². The fourth-order valence-corrected chi connectivity index (χ4v) is 6.46. The summed E-state index contributed by atoms with van der Waals surface area (Å²) in [6.07, 6.45) is 5.91. The van der Waals surface area contributed by atoms with Crippen molar-refractivity contribution in [3.05, 3.63) is 0 Å². The zero-order valence-electron chi connectivity index (χ0n) is 14.1. The van der Waals surface area contributed by atoms with Crippen molar-refractivity contribution in [3.8, 4) is 0 Å². The van der Waals surface area contributed by atoms with E-state index in [4.69, 9.17) is 22.1 Å². The number of hydrogen-bond donors (Lipinski definition) is 2. The molecule has 0 bridgehead atoms. The first-order valence-electron chi connectivity index (χ1n) is 8.85. The molecule has 132 valence electrons. The molecular formula is C17H29ClN2O2S. The lowest BCUT2D eigenvalue weighted by molar-refractivity contribution is -0.0542. The summed E-state index contributed by atoms with van der Waals surface area (Å²) in [4.78, 5) is 4.65. The van der Waals surface area contributed by atoms with Crippen molar-refractivity contribution < 1.29 is 9.84 Å². The van der Waals surface area contributed by atoms with Crippen LogP contribution in [0, 0.1) is 11.8 Å². The fraction of sp³-hybridized carbons (Fsp3) is 0.941. The van der Waals surface area contributed by atoms with Gasteiger partial charge in [0.2, 0.25) is 0 Å². The largest absolute Gasteiger partial charge is 0.385 e. The number of rotatable bonds is 4. The second-order valence-corrected chi connectivity index (χ2v) is 9.33. The average molecular weight is 361 g/mol. The zero-order chi connectivity index (χ0) is 16.6. The summed E-state index contributed by atoms with van der Waals surface area (Å²) in [5, 5.41) is 12.3. The van der Waals surface area contributed by atoms with Crippen molar-refractivity contribution >= 4 is 29.2 Å². The number of ether oxygens (including phenoxy) is 1. The summed E-state index contributed by atoms with van der Waals surface area (Å²) in [5.41, 5.74) is 5.29. The lowest BCUT2D eigenvalue weighted by Gasteiger charge is -2.47. The summed E-state index contributed by atoms with van der Waals surface area (Å²) < 4.78 is 5.62. The number of fused-ring (bicyclic) bond motifs is 1. The highest BCUT2D eigenvalue weighted by Gasteiger charge is 2.58. The maximum absolute atomic E-state index is 11.7. The van der Waals surface area contributed by atoms with E-state index in [1.807, 2.05) is 11.8 Å². The SMILES string of the molecule is CCSC1CCC(OC)CC1C1(O)C(N)=NC2CCC(Cl)CC21. The predicted molar refractivity (Wildman–Crippen MR) is 97.4 cm³/mol. The van der Waals surface area contributed by atoms with Gasteiger partial charge in [0, 0.05) is 29.6 Å². The average Bonchev–Trinajstić information content (AvgIpc) is 2.80. The molecule has 0 radical (unpaired) electrons. The van der Waals surface area contributed by atoms with Crippen molar-refractivity contribution in [3.63, 3.8) is 0 Å². The highest BCUT2D eigenvalue weighted by atomic mass is 35.5. The maximum atomic E-state index is 11.7. The number of aliphatic hydroxyl groups is 1. The molecule has 23 heavy (non-hydrogen) atoms. The van der Waals surface area contributed by atoms with E-state index in [0.717, 1.165) is 44.3 Å². The molecule has 7 atom stereocenters. The Morgan fingerprint density at radius 3 is 2.78 bits per heavy atom. The van der Waals surface area contributed by atoms with E-state index < -0.39 is 5.60 Å². The molecule has 0 amide bonds. The van der Waals surface area contributed by atoms with E-state index >= 15 is 0 Å². The Bertz CT molecular complexity index is 464. The monoisotopic (exact) mass is 360 g/mol. The second-order valence-electron chi connectivity index (χ2n) is 7.19. The van der Waals surface area contributed by atoms with E-state index in [1.165, 1.54) is 0 Å². The van der Waals surface area contributed by atoms with Gasteiger partial charge in [0.05, 0.1) is 12.1 Å². The van der Waals surface area contributed by atoms with Crippen LogP contribution in [0.15, 0.2) is 4.99 Å². The van der Waals surface area contributed by atoms with E-state index in [-0.39, 0.29) is 29.4 Å². The summed E-state index contributed by atoms with van der Waals surface area (Å²) >= 11 is 8.36. The first kappa shape index (κ1) is 17.8. The first-order valence-corrected chi connectivity index (χ1v) is 10.3. The molecule has 4 nitrogen and oxygen atoms in total. The van der Waals surface area contributed by atoms with Crippen LogP contribution in [0.3, 0.4) is 0 Å². The van der Waals surface area contributed by atoms with Crippen molar-refractivity contribution in [2.75, 3.05) is 12.9 Å². The molecule has 1 heterocycles. The molecule has 0 aromatic carbocycles. The van der Waals surface area contributed by atoms with E-state index in [0.29, 0.717) is 11.1 Å². The number of nitrogens with two attached hydrogens (primary N) is 1. The Morgan fingerprint density at radius 1 is 1.30 bits per heavy atom. The van der Waals surface area contributed by atoms with Crippen LogP contribution in [0.5, 0.6) is 0 Å². The first-order chi connectivity index (χ1) is 11.0. The highest BCUT2D eigenvalue weighted by molar-refractivity contribution is 7.99. The standard InChI is InChI=1S/C17H29ClN2O2S/c1-3-23-15-7-5-11(22-2)9-13(15)17(21)12-8-10(18)4-6-14(12)20-16(17)19/h10-15,21H,3-9H2,1-2H3,(H2,19,20). The van der Waals surface area contributed by atoms with Gasteiger partial charge in [-0.3, -0.25) is 4.99 Å². The van der Waals surface area contributed by atoms with Crippen LogP contribution < -0.4 is 5.73 Å². The molecule has 0 aromatic heterocycles. The molecule has 6 heteroatoms. The van der Waals surface area contributed by atoms with Gasteiger partial charge in [0.1, 0.15) is 11.4 Å². The third kappa shape index (κ3) is 3.14. The van der Waals surface area contributed by atoms with E-state index in [1.54, 1.807) is 7.11 Å². The molecule has 0 spiro atoms. The van der Waals surface area contributed by atoms with Gasteiger partial charge >= 0.3 is 0 Å². The van der Waals surface area contributed by atoms with Gasteiger partial charge in [-0.15, -0.1) is 11.6 Å². The number of hydrogen-bond acceptors (Lipinski definition) is 5. The lowest BCUT2D eigenvalue weighted by Crippen LogP contribution is -2.59. The van der Waals surface area contributed by atoms with Gasteiger partial charge in [-0.1, -0.05) is 6.92 Å². The lowest BCUT2D eigenvalue weighted by atomic mass is 9.65. The van der Waals surface area contributed by atoms with Crippen LogP contribution in [0.1, 0.15) is 45.4 Å². The van der Waals surface area contributed by atoms with Gasteiger partial charge in [-0.25, -0.2) is 0 Å². The van der Waals surface area contributed by atoms with Crippen molar-refractivity contribution in [1.82, 2.24) is 0 Å². The molecule has 3 N–H and O–H groups in total. The van der Waals surface area contributed by atoms with E-state index in [9.17, 15) is 5.11 Å². The predicted octanol–water partition coefficient (Wildman–Crippen LogP) is 2.80. The molecule has 3 rings (SSSR count). The number of nitrogens with zero attached hydrogens (tertiary/aromatic N) is 1. The Labute approximate surface area is 148 Å². The van der Waals surface area contributed by atoms with Crippen LogP contribution >= 0.6 is 23.4 Å². The minimum atomic E-state index is -1.01. The topological polar surface area (TPSA) is 67.8 Å². The van der Waals surface area contributed by atoms with Crippen LogP contribution in [-0.2, 0) is 4.74 Å². The normalized spacial score (nSPS) is 47.2. The molecule has 1 aliphatic heterocycles. The Kier molecular flexibility index (Phi) is 5.51. The van der Waals surface area contributed by atoms with Gasteiger partial charge in [0.25, 0.3) is 0 Å². The quantitative estimate of drug-likeness (QED) is 0.756. The smallest absolute Gasteiger partial charge is 0.130 e. The number of aliphatic imine (C=N–C) groups is 1. The molecule has 2 saturated carbocycles. The van der Waals surface area contributed by atoms with Crippen molar-refractivity contribution in [1.29, 1.82) is 0 Å². The number of alkyl halides is 1. The third-order valence-corrected chi connectivity index (χ3v) is 7.77. The van der Waals surface area contributed by atoms with Gasteiger partial charge in [0.15, 0.2) is 0 Å². The Balaban J connectivity index is 1.89. The Morgan fingerprint density at radius 2 is 2.09 bits per heavy atom. The third-order valence-electron chi connectivity index (χ3n) is 6.05. The molecule has 3 aliphatic rings. The zero-order valence-corrected chi connectivity index (χ0v) is 15.7. The number of thioether (sulfide) groups is 1. The van der Waals surface area contributed by atoms with Crippen molar-refractivity contribution in [2.45, 2.75) is 73.8 Å². The Hall–Kier alpha value is 0.0300. The van der Waals surface area contributed by atoms with Crippen LogP contribution in [0.25, 0.3) is 0 Å². The number of methoxy groups -OCH3 is 1. The number of halogens is 1. The summed E-state index contributed by atoms with van der Waals surface area (Å²) in [6.45, 7) is 2.18. The molecule has 0 aromatic rings. The summed E-state index contributed by atoms with van der Waals surface area (Å²) in [6, 6.07) is 0.144. The summed E-state index contributed by atoms with van der Waals surface area (Å²) in [5.74, 6) is 1.67. The number of amidine groups is 1. The molecule has 7 unspecified atom stereocenters. The fourth-order valence-electron chi connectivity index (χ4n) is 4.86. The highest BCUT2D eigenvalue weighted by Crippen LogP contribution is 2.50.